The lowest BCUT2D eigenvalue weighted by atomic mass is 9.98. The van der Waals surface area contributed by atoms with Crippen LogP contribution in [0.2, 0.25) is 30.1 Å². The van der Waals surface area contributed by atoms with Gasteiger partial charge in [-0.2, -0.15) is 0 Å². The molecule has 0 atom stereocenters. The van der Waals surface area contributed by atoms with Crippen molar-refractivity contribution in [2.24, 2.45) is 0 Å². The Balaban J connectivity index is 2.39. The Bertz CT molecular complexity index is 1050. The van der Waals surface area contributed by atoms with Gasteiger partial charge in [0.15, 0.2) is 0 Å². The number of ether oxygens (including phenoxy) is 1. The summed E-state index contributed by atoms with van der Waals surface area (Å²) in [5.41, 5.74) is 1.69. The van der Waals surface area contributed by atoms with Gasteiger partial charge in [0, 0.05) is 26.7 Å². The van der Waals surface area contributed by atoms with E-state index in [1.807, 2.05) is 0 Å². The van der Waals surface area contributed by atoms with Crippen LogP contribution in [-0.2, 0) is 4.74 Å². The summed E-state index contributed by atoms with van der Waals surface area (Å²) in [6.07, 6.45) is 0. The third kappa shape index (κ3) is 4.20. The molecule has 0 spiro atoms. The van der Waals surface area contributed by atoms with E-state index < -0.39 is 5.97 Å². The van der Waals surface area contributed by atoms with Crippen LogP contribution in [0.5, 0.6) is 0 Å². The number of methoxy groups -OCH3 is 1. The van der Waals surface area contributed by atoms with Crippen LogP contribution in [0.1, 0.15) is 10.5 Å². The first-order valence-corrected chi connectivity index (χ1v) is 9.89. The quantitative estimate of drug-likeness (QED) is 0.344. The Labute approximate surface area is 191 Å². The predicted molar refractivity (Wildman–Crippen MR) is 117 cm³/mol. The Kier molecular flexibility index (Phi) is 6.65. The van der Waals surface area contributed by atoms with Crippen molar-refractivity contribution in [1.82, 2.24) is 4.98 Å². The highest BCUT2D eigenvalue weighted by molar-refractivity contribution is 6.43. The first kappa shape index (κ1) is 21.5. The number of aromatic nitrogens is 1. The van der Waals surface area contributed by atoms with Crippen LogP contribution in [0.3, 0.4) is 0 Å². The van der Waals surface area contributed by atoms with Gasteiger partial charge in [-0.05, 0) is 36.4 Å². The van der Waals surface area contributed by atoms with Gasteiger partial charge in [-0.15, -0.1) is 0 Å². The summed E-state index contributed by atoms with van der Waals surface area (Å²) < 4.78 is 4.76. The molecule has 0 aliphatic heterocycles. The highest BCUT2D eigenvalue weighted by Gasteiger charge is 2.22. The number of hydrogen-bond donors (Lipinski definition) is 0. The molecule has 9 heteroatoms. The SMILES string of the molecule is COC(=O)c1ccc(-c2c(Cl)cc(Cl)cc2Cl)c(-c2c(Cl)cc(Cl)cc2Cl)n1. The van der Waals surface area contributed by atoms with Crippen molar-refractivity contribution in [3.05, 3.63) is 72.2 Å². The van der Waals surface area contributed by atoms with E-state index in [0.717, 1.165) is 0 Å². The molecule has 0 aliphatic carbocycles. The van der Waals surface area contributed by atoms with Gasteiger partial charge >= 0.3 is 5.97 Å². The van der Waals surface area contributed by atoms with E-state index in [9.17, 15) is 4.79 Å². The van der Waals surface area contributed by atoms with Crippen molar-refractivity contribution in [3.8, 4) is 22.4 Å². The van der Waals surface area contributed by atoms with Crippen LogP contribution < -0.4 is 0 Å². The Morgan fingerprint density at radius 1 is 0.786 bits per heavy atom. The number of hydrogen-bond acceptors (Lipinski definition) is 3. The van der Waals surface area contributed by atoms with Gasteiger partial charge < -0.3 is 4.74 Å². The van der Waals surface area contributed by atoms with E-state index in [-0.39, 0.29) is 15.7 Å². The molecule has 2 aromatic carbocycles. The normalized spacial score (nSPS) is 10.8. The molecule has 0 aliphatic rings. The third-order valence-electron chi connectivity index (χ3n) is 3.81. The first-order chi connectivity index (χ1) is 13.2. The zero-order valence-corrected chi connectivity index (χ0v) is 18.5. The van der Waals surface area contributed by atoms with Gasteiger partial charge in [0.05, 0.1) is 32.9 Å². The summed E-state index contributed by atoms with van der Waals surface area (Å²) in [4.78, 5) is 16.4. The van der Waals surface area contributed by atoms with Crippen LogP contribution in [-0.4, -0.2) is 18.1 Å². The fraction of sp³-hybridized carbons (Fsp3) is 0.0526. The van der Waals surface area contributed by atoms with E-state index in [1.54, 1.807) is 18.2 Å². The molecule has 0 saturated carbocycles. The number of benzene rings is 2. The second-order valence-corrected chi connectivity index (χ2v) is 8.07. The molecular formula is C19H9Cl6NO2. The van der Waals surface area contributed by atoms with E-state index in [0.29, 0.717) is 42.5 Å². The molecule has 0 unspecified atom stereocenters. The molecule has 0 radical (unpaired) electrons. The maximum Gasteiger partial charge on any atom is 0.356 e. The number of esters is 1. The zero-order chi connectivity index (χ0) is 20.6. The lowest BCUT2D eigenvalue weighted by molar-refractivity contribution is 0.0594. The topological polar surface area (TPSA) is 39.2 Å². The van der Waals surface area contributed by atoms with Gasteiger partial charge in [0.1, 0.15) is 5.69 Å². The molecule has 144 valence electrons. The van der Waals surface area contributed by atoms with Gasteiger partial charge in [0.25, 0.3) is 0 Å². The predicted octanol–water partition coefficient (Wildman–Crippen LogP) is 8.12. The van der Waals surface area contributed by atoms with Crippen molar-refractivity contribution in [2.75, 3.05) is 7.11 Å². The summed E-state index contributed by atoms with van der Waals surface area (Å²) in [6, 6.07) is 9.26. The number of carbonyl (C=O) groups is 1. The average Bonchev–Trinajstić information content (AvgIpc) is 2.60. The van der Waals surface area contributed by atoms with E-state index in [4.69, 9.17) is 74.3 Å². The number of pyridine rings is 1. The Hall–Kier alpha value is -1.20. The fourth-order valence-corrected chi connectivity index (χ4v) is 4.65. The van der Waals surface area contributed by atoms with Gasteiger partial charge in [-0.25, -0.2) is 9.78 Å². The van der Waals surface area contributed by atoms with Gasteiger partial charge in [-0.3, -0.25) is 0 Å². The summed E-state index contributed by atoms with van der Waals surface area (Å²) in [5.74, 6) is -0.623. The Morgan fingerprint density at radius 3 is 1.71 bits per heavy atom. The van der Waals surface area contributed by atoms with Gasteiger partial charge in [0.2, 0.25) is 0 Å². The third-order valence-corrected chi connectivity index (χ3v) is 5.44. The number of rotatable bonds is 3. The van der Waals surface area contributed by atoms with Crippen molar-refractivity contribution in [1.29, 1.82) is 0 Å². The molecule has 1 heterocycles. The summed E-state index contributed by atoms with van der Waals surface area (Å²) in [6.45, 7) is 0. The molecule has 3 nitrogen and oxygen atoms in total. The first-order valence-electron chi connectivity index (χ1n) is 7.62. The minimum atomic E-state index is -0.623. The van der Waals surface area contributed by atoms with Crippen LogP contribution in [0.25, 0.3) is 22.4 Å². The van der Waals surface area contributed by atoms with Crippen LogP contribution >= 0.6 is 69.6 Å². The van der Waals surface area contributed by atoms with Crippen LogP contribution in [0.15, 0.2) is 36.4 Å². The maximum atomic E-state index is 12.0. The number of halogens is 6. The molecule has 0 bridgehead atoms. The molecule has 0 fully saturated rings. The minimum absolute atomic E-state index is 0.0598. The van der Waals surface area contributed by atoms with Crippen molar-refractivity contribution in [3.63, 3.8) is 0 Å². The smallest absolute Gasteiger partial charge is 0.356 e. The zero-order valence-electron chi connectivity index (χ0n) is 14.0. The second-order valence-electron chi connectivity index (χ2n) is 5.57. The van der Waals surface area contributed by atoms with E-state index >= 15 is 0 Å². The minimum Gasteiger partial charge on any atom is -0.464 e. The second kappa shape index (κ2) is 8.66. The molecule has 3 rings (SSSR count). The monoisotopic (exact) mass is 493 g/mol. The summed E-state index contributed by atoms with van der Waals surface area (Å²) in [5, 5.41) is 1.82. The molecule has 0 N–H and O–H groups in total. The number of nitrogens with zero attached hydrogens (tertiary/aromatic N) is 1. The molecule has 3 aromatic rings. The molecule has 28 heavy (non-hydrogen) atoms. The van der Waals surface area contributed by atoms with E-state index in [2.05, 4.69) is 4.98 Å². The number of carbonyl (C=O) groups excluding carboxylic acids is 1. The average molecular weight is 496 g/mol. The van der Waals surface area contributed by atoms with Crippen LogP contribution in [0.4, 0.5) is 0 Å². The van der Waals surface area contributed by atoms with Gasteiger partial charge in [-0.1, -0.05) is 69.6 Å². The molecule has 1 aromatic heterocycles. The standard InChI is InChI=1S/C19H9Cl6NO2/c1-28-19(27)15-3-2-10(16-11(22)4-8(20)5-12(16)23)18(26-15)17-13(24)6-9(21)7-14(17)25/h2-7H,1H3. The van der Waals surface area contributed by atoms with Crippen molar-refractivity contribution >= 4 is 75.6 Å². The highest BCUT2D eigenvalue weighted by atomic mass is 35.5. The van der Waals surface area contributed by atoms with Crippen molar-refractivity contribution < 1.29 is 9.53 Å². The molecule has 0 amide bonds. The Morgan fingerprint density at radius 2 is 1.25 bits per heavy atom. The largest absolute Gasteiger partial charge is 0.464 e. The molecular weight excluding hydrogens is 487 g/mol. The highest BCUT2D eigenvalue weighted by Crippen LogP contribution is 2.45. The lowest BCUT2D eigenvalue weighted by Gasteiger charge is -2.16. The van der Waals surface area contributed by atoms with E-state index in [1.165, 1.54) is 25.3 Å². The lowest BCUT2D eigenvalue weighted by Crippen LogP contribution is -2.06. The fourth-order valence-electron chi connectivity index (χ4n) is 2.64. The maximum absolute atomic E-state index is 12.0. The van der Waals surface area contributed by atoms with Crippen molar-refractivity contribution in [2.45, 2.75) is 0 Å². The molecule has 0 saturated heterocycles. The summed E-state index contributed by atoms with van der Waals surface area (Å²) >= 11 is 37.6. The van der Waals surface area contributed by atoms with Crippen LogP contribution in [0, 0.1) is 0 Å². The summed E-state index contributed by atoms with van der Waals surface area (Å²) in [7, 11) is 1.26.